The maximum Gasteiger partial charge on any atom is 0.341 e. The lowest BCUT2D eigenvalue weighted by Gasteiger charge is -2.18. The second kappa shape index (κ2) is 9.55. The first-order valence-electron chi connectivity index (χ1n) is 10.3. The van der Waals surface area contributed by atoms with E-state index in [1.165, 1.54) is 31.5 Å². The van der Waals surface area contributed by atoms with Crippen molar-refractivity contribution in [1.29, 1.82) is 0 Å². The summed E-state index contributed by atoms with van der Waals surface area (Å²) in [6.45, 7) is 3.69. The summed E-state index contributed by atoms with van der Waals surface area (Å²) in [5.74, 6) is -0.533. The van der Waals surface area contributed by atoms with E-state index >= 15 is 0 Å². The van der Waals surface area contributed by atoms with Gasteiger partial charge in [-0.25, -0.2) is 17.5 Å². The fourth-order valence-electron chi connectivity index (χ4n) is 3.58. The number of carbonyl (C=O) groups excluding carboxylic acids is 2. The fraction of sp³-hybridized carbons (Fsp3) is 0.476. The molecule has 0 radical (unpaired) electrons. The van der Waals surface area contributed by atoms with Crippen LogP contribution in [0.5, 0.6) is 0 Å². The van der Waals surface area contributed by atoms with Gasteiger partial charge in [-0.15, -0.1) is 11.3 Å². The van der Waals surface area contributed by atoms with Gasteiger partial charge in [-0.3, -0.25) is 9.59 Å². The molecule has 174 valence electrons. The summed E-state index contributed by atoms with van der Waals surface area (Å²) < 4.78 is 32.0. The number of carbonyl (C=O) groups is 2. The van der Waals surface area contributed by atoms with E-state index in [-0.39, 0.29) is 11.5 Å². The van der Waals surface area contributed by atoms with Crippen LogP contribution in [0.2, 0.25) is 0 Å². The van der Waals surface area contributed by atoms with Crippen molar-refractivity contribution in [3.05, 3.63) is 44.7 Å². The van der Waals surface area contributed by atoms with Gasteiger partial charge in [0.15, 0.2) is 0 Å². The molecule has 0 aromatic carbocycles. The Morgan fingerprint density at radius 3 is 2.69 bits per heavy atom. The van der Waals surface area contributed by atoms with E-state index in [2.05, 4.69) is 12.2 Å². The molecule has 2 heterocycles. The van der Waals surface area contributed by atoms with Crippen molar-refractivity contribution in [2.24, 2.45) is 5.92 Å². The molecule has 0 fully saturated rings. The highest BCUT2D eigenvalue weighted by Crippen LogP contribution is 2.40. The normalized spacial score (nSPS) is 16.0. The molecule has 32 heavy (non-hydrogen) atoms. The lowest BCUT2D eigenvalue weighted by molar-refractivity contribution is -0.116. The van der Waals surface area contributed by atoms with Crippen LogP contribution in [0, 0.1) is 5.92 Å². The van der Waals surface area contributed by atoms with E-state index in [1.54, 1.807) is 6.92 Å². The van der Waals surface area contributed by atoms with Crippen LogP contribution in [0.4, 0.5) is 5.00 Å². The summed E-state index contributed by atoms with van der Waals surface area (Å²) in [6.07, 6.45) is 3.66. The van der Waals surface area contributed by atoms with Gasteiger partial charge >= 0.3 is 5.97 Å². The zero-order valence-corrected chi connectivity index (χ0v) is 20.1. The minimum atomic E-state index is -3.76. The zero-order chi connectivity index (χ0) is 23.6. The summed E-state index contributed by atoms with van der Waals surface area (Å²) in [4.78, 5) is 38.5. The summed E-state index contributed by atoms with van der Waals surface area (Å²) in [5.41, 5.74) is 0.782. The fourth-order valence-corrected chi connectivity index (χ4v) is 5.91. The van der Waals surface area contributed by atoms with Crippen LogP contribution in [-0.2, 0) is 38.9 Å². The average molecular weight is 482 g/mol. The molecule has 0 bridgehead atoms. The third-order valence-corrected chi connectivity index (χ3v) is 8.26. The van der Waals surface area contributed by atoms with E-state index < -0.39 is 34.0 Å². The molecule has 11 heteroatoms. The molecule has 3 rings (SSSR count). The van der Waals surface area contributed by atoms with E-state index in [1.807, 2.05) is 0 Å². The first-order valence-corrected chi connectivity index (χ1v) is 12.5. The first-order chi connectivity index (χ1) is 15.0. The molecular weight excluding hydrogens is 454 g/mol. The van der Waals surface area contributed by atoms with Crippen molar-refractivity contribution in [2.45, 2.75) is 44.6 Å². The number of nitrogens with zero attached hydrogens (tertiary/aromatic N) is 2. The maximum atomic E-state index is 12.8. The quantitative estimate of drug-likeness (QED) is 0.606. The van der Waals surface area contributed by atoms with Gasteiger partial charge in [-0.05, 0) is 43.7 Å². The molecule has 0 aliphatic heterocycles. The first kappa shape index (κ1) is 24.1. The van der Waals surface area contributed by atoms with Crippen LogP contribution in [0.1, 0.15) is 41.1 Å². The second-order valence-corrected chi connectivity index (χ2v) is 11.2. The number of hydrogen-bond acceptors (Lipinski definition) is 7. The Hall–Kier alpha value is -2.50. The highest BCUT2D eigenvalue weighted by atomic mass is 32.2. The van der Waals surface area contributed by atoms with E-state index in [4.69, 9.17) is 4.74 Å². The molecule has 2 aromatic rings. The number of anilines is 1. The van der Waals surface area contributed by atoms with E-state index in [9.17, 15) is 22.8 Å². The molecule has 0 saturated carbocycles. The molecule has 1 atom stereocenters. The Bertz CT molecular complexity index is 1200. The third-order valence-electron chi connectivity index (χ3n) is 5.29. The van der Waals surface area contributed by atoms with Crippen molar-refractivity contribution in [2.75, 3.05) is 26.0 Å². The molecule has 0 spiro atoms. The molecule has 2 aromatic heterocycles. The Labute approximate surface area is 191 Å². The Kier molecular flexibility index (Phi) is 7.21. The molecule has 9 nitrogen and oxygen atoms in total. The predicted octanol–water partition coefficient (Wildman–Crippen LogP) is 2.10. The van der Waals surface area contributed by atoms with Gasteiger partial charge in [0.2, 0.25) is 15.9 Å². The van der Waals surface area contributed by atoms with Crippen LogP contribution in [0.3, 0.4) is 0 Å². The Morgan fingerprint density at radius 2 is 2.03 bits per heavy atom. The standard InChI is InChI=1S/C21H27N3O6S2/c1-5-30-21(27)19-15-8-6-13(2)10-16(15)31-20(19)22-17(25)12-24-11-14(7-9-18(24)26)32(28,29)23(3)4/h7,9,11,13H,5-6,8,10,12H2,1-4H3,(H,22,25). The number of aromatic nitrogens is 1. The zero-order valence-electron chi connectivity index (χ0n) is 18.5. The molecule has 1 aliphatic rings. The van der Waals surface area contributed by atoms with Crippen molar-refractivity contribution < 1.29 is 22.7 Å². The van der Waals surface area contributed by atoms with Gasteiger partial charge in [0, 0.05) is 31.2 Å². The maximum absolute atomic E-state index is 12.8. The summed E-state index contributed by atoms with van der Waals surface area (Å²) in [6, 6.07) is 2.32. The number of fused-ring (bicyclic) bond motifs is 1. The lowest BCUT2D eigenvalue weighted by Crippen LogP contribution is -2.29. The van der Waals surface area contributed by atoms with Gasteiger partial charge in [0.05, 0.1) is 17.1 Å². The number of rotatable bonds is 7. The molecule has 1 N–H and O–H groups in total. The van der Waals surface area contributed by atoms with Gasteiger partial charge in [0.1, 0.15) is 11.5 Å². The molecule has 1 aliphatic carbocycles. The van der Waals surface area contributed by atoms with Crippen LogP contribution >= 0.6 is 11.3 Å². The molecular formula is C21H27N3O6S2. The predicted molar refractivity (Wildman–Crippen MR) is 122 cm³/mol. The Balaban J connectivity index is 1.89. The summed E-state index contributed by atoms with van der Waals surface area (Å²) in [7, 11) is -0.994. The van der Waals surface area contributed by atoms with Crippen molar-refractivity contribution in [3.8, 4) is 0 Å². The molecule has 1 unspecified atom stereocenters. The van der Waals surface area contributed by atoms with Crippen molar-refractivity contribution in [1.82, 2.24) is 8.87 Å². The van der Waals surface area contributed by atoms with Gasteiger partial charge in [-0.2, -0.15) is 0 Å². The number of ether oxygens (including phenoxy) is 1. The smallest absolute Gasteiger partial charge is 0.341 e. The second-order valence-electron chi connectivity index (χ2n) is 7.94. The van der Waals surface area contributed by atoms with E-state index in [0.29, 0.717) is 16.5 Å². The molecule has 0 saturated heterocycles. The van der Waals surface area contributed by atoms with Crippen LogP contribution in [-0.4, -0.2) is 49.9 Å². The van der Waals surface area contributed by atoms with E-state index in [0.717, 1.165) is 50.8 Å². The highest BCUT2D eigenvalue weighted by Gasteiger charge is 2.29. The minimum absolute atomic E-state index is 0.0947. The minimum Gasteiger partial charge on any atom is -0.462 e. The number of thiophene rings is 1. The average Bonchev–Trinajstić information content (AvgIpc) is 3.06. The summed E-state index contributed by atoms with van der Waals surface area (Å²) in [5, 5.41) is 3.14. The monoisotopic (exact) mass is 481 g/mol. The topological polar surface area (TPSA) is 115 Å². The highest BCUT2D eigenvalue weighted by molar-refractivity contribution is 7.89. The number of pyridine rings is 1. The number of hydrogen-bond donors (Lipinski definition) is 1. The van der Waals surface area contributed by atoms with Gasteiger partial charge < -0.3 is 14.6 Å². The third kappa shape index (κ3) is 4.94. The number of esters is 1. The van der Waals surface area contributed by atoms with Crippen molar-refractivity contribution in [3.63, 3.8) is 0 Å². The SMILES string of the molecule is CCOC(=O)c1c(NC(=O)Cn2cc(S(=O)(=O)N(C)C)ccc2=O)sc2c1CCC(C)C2. The van der Waals surface area contributed by atoms with Crippen LogP contribution in [0.15, 0.2) is 28.0 Å². The van der Waals surface area contributed by atoms with Gasteiger partial charge in [-0.1, -0.05) is 6.92 Å². The largest absolute Gasteiger partial charge is 0.462 e. The number of amides is 1. The lowest BCUT2D eigenvalue weighted by atomic mass is 9.88. The summed E-state index contributed by atoms with van der Waals surface area (Å²) >= 11 is 1.35. The van der Waals surface area contributed by atoms with Crippen molar-refractivity contribution >= 4 is 38.2 Å². The van der Waals surface area contributed by atoms with Crippen LogP contribution in [0.25, 0.3) is 0 Å². The number of nitrogens with one attached hydrogen (secondary N) is 1. The van der Waals surface area contributed by atoms with Crippen LogP contribution < -0.4 is 10.9 Å². The van der Waals surface area contributed by atoms with Gasteiger partial charge in [0.25, 0.3) is 5.56 Å². The Morgan fingerprint density at radius 1 is 1.31 bits per heavy atom. The molecule has 1 amide bonds. The number of sulfonamides is 1.